The minimum Gasteiger partial charge on any atom is -0.345 e. The third-order valence-electron chi connectivity index (χ3n) is 4.22. The number of ether oxygens (including phenoxy) is 3. The summed E-state index contributed by atoms with van der Waals surface area (Å²) in [6, 6.07) is 8.42. The van der Waals surface area contributed by atoms with E-state index in [4.69, 9.17) is 14.2 Å². The van der Waals surface area contributed by atoms with Crippen molar-refractivity contribution in [1.82, 2.24) is 0 Å². The molecular formula is C14H16O5S. The minimum atomic E-state index is -3.53. The van der Waals surface area contributed by atoms with Crippen molar-refractivity contribution in [3.63, 3.8) is 0 Å². The molecule has 20 heavy (non-hydrogen) atoms. The van der Waals surface area contributed by atoms with Gasteiger partial charge in [0.1, 0.15) is 12.2 Å². The maximum Gasteiger partial charge on any atom is 0.210 e. The van der Waals surface area contributed by atoms with Gasteiger partial charge >= 0.3 is 0 Å². The molecule has 0 N–H and O–H groups in total. The van der Waals surface area contributed by atoms with Crippen LogP contribution in [-0.4, -0.2) is 37.4 Å². The van der Waals surface area contributed by atoms with Gasteiger partial charge in [0.2, 0.25) is 14.8 Å². The lowest BCUT2D eigenvalue weighted by Crippen LogP contribution is -2.30. The van der Waals surface area contributed by atoms with Crippen molar-refractivity contribution in [3.05, 3.63) is 30.3 Å². The topological polar surface area (TPSA) is 65.1 Å². The Morgan fingerprint density at radius 1 is 1.10 bits per heavy atom. The van der Waals surface area contributed by atoms with Crippen molar-refractivity contribution in [3.8, 4) is 0 Å². The zero-order chi connectivity index (χ0) is 14.2. The van der Waals surface area contributed by atoms with Crippen LogP contribution in [0.1, 0.15) is 20.3 Å². The Bertz CT molecular complexity index is 653. The van der Waals surface area contributed by atoms with Crippen molar-refractivity contribution in [2.45, 2.75) is 54.2 Å². The van der Waals surface area contributed by atoms with E-state index in [1.54, 1.807) is 30.3 Å². The Kier molecular flexibility index (Phi) is 2.31. The van der Waals surface area contributed by atoms with Gasteiger partial charge in [0.05, 0.1) is 11.0 Å². The van der Waals surface area contributed by atoms with Crippen LogP contribution in [0, 0.1) is 0 Å². The average Bonchev–Trinajstić information content (AvgIpc) is 2.94. The number of hydrogen-bond acceptors (Lipinski definition) is 5. The van der Waals surface area contributed by atoms with Gasteiger partial charge < -0.3 is 14.2 Å². The maximum atomic E-state index is 12.8. The van der Waals surface area contributed by atoms with Crippen LogP contribution in [0.15, 0.2) is 35.2 Å². The van der Waals surface area contributed by atoms with Crippen LogP contribution in [0.4, 0.5) is 0 Å². The second kappa shape index (κ2) is 3.62. The predicted octanol–water partition coefficient (Wildman–Crippen LogP) is 1.48. The summed E-state index contributed by atoms with van der Waals surface area (Å²) < 4.78 is 42.6. The molecule has 6 heteroatoms. The number of hydrogen-bond donors (Lipinski definition) is 0. The quantitative estimate of drug-likeness (QED) is 0.773. The minimum absolute atomic E-state index is 0.206. The van der Waals surface area contributed by atoms with Crippen molar-refractivity contribution in [2.24, 2.45) is 0 Å². The fourth-order valence-electron chi connectivity index (χ4n) is 3.35. The molecule has 0 radical (unpaired) electrons. The first-order chi connectivity index (χ1) is 9.36. The molecule has 1 aromatic carbocycles. The third kappa shape index (κ3) is 1.50. The highest BCUT2D eigenvalue weighted by molar-refractivity contribution is 7.93. The zero-order valence-electron chi connectivity index (χ0n) is 11.3. The van der Waals surface area contributed by atoms with Crippen LogP contribution in [0.3, 0.4) is 0 Å². The molecule has 0 spiro atoms. The standard InChI is InChI=1S/C14H16O5S/c1-13(2)17-10-8-14(12(19-14)11(10)18-13)20(15,16)9-6-4-3-5-7-9/h3-7,10-12H,8H2,1-2H3/t10-,11-,12-,14-/m1/s1. The van der Waals surface area contributed by atoms with E-state index >= 15 is 0 Å². The first kappa shape index (κ1) is 12.8. The van der Waals surface area contributed by atoms with Crippen LogP contribution < -0.4 is 0 Å². The first-order valence-electron chi connectivity index (χ1n) is 6.69. The Balaban J connectivity index is 1.67. The van der Waals surface area contributed by atoms with Crippen LogP contribution in [0.25, 0.3) is 0 Å². The molecule has 108 valence electrons. The summed E-state index contributed by atoms with van der Waals surface area (Å²) in [6.45, 7) is 3.67. The summed E-state index contributed by atoms with van der Waals surface area (Å²) in [7, 11) is -3.53. The Morgan fingerprint density at radius 3 is 2.45 bits per heavy atom. The molecular weight excluding hydrogens is 280 g/mol. The second-order valence-electron chi connectivity index (χ2n) is 6.01. The Morgan fingerprint density at radius 2 is 1.80 bits per heavy atom. The van der Waals surface area contributed by atoms with Crippen molar-refractivity contribution >= 4 is 9.84 Å². The zero-order valence-corrected chi connectivity index (χ0v) is 12.1. The SMILES string of the molecule is CC1(C)O[C@H]2[C@H]3O[C@@]3(S(=O)(=O)c3ccccc3)C[C@H]2O1. The number of epoxide rings is 1. The smallest absolute Gasteiger partial charge is 0.210 e. The second-order valence-corrected chi connectivity index (χ2v) is 8.18. The molecule has 4 rings (SSSR count). The van der Waals surface area contributed by atoms with E-state index in [0.29, 0.717) is 11.3 Å². The summed E-state index contributed by atoms with van der Waals surface area (Å²) in [5.41, 5.74) is 0. The molecule has 0 bridgehead atoms. The molecule has 3 aliphatic rings. The Hall–Kier alpha value is -0.950. The van der Waals surface area contributed by atoms with Gasteiger partial charge in [0.25, 0.3) is 0 Å². The monoisotopic (exact) mass is 296 g/mol. The molecule has 0 amide bonds. The molecule has 2 saturated heterocycles. The number of fused-ring (bicyclic) bond motifs is 3. The molecule has 3 fully saturated rings. The molecule has 1 aromatic rings. The van der Waals surface area contributed by atoms with Gasteiger partial charge in [-0.3, -0.25) is 0 Å². The van der Waals surface area contributed by atoms with E-state index < -0.39 is 26.7 Å². The molecule has 0 aromatic heterocycles. The molecule has 2 aliphatic heterocycles. The fraction of sp³-hybridized carbons (Fsp3) is 0.571. The third-order valence-corrected chi connectivity index (χ3v) is 6.51. The highest BCUT2D eigenvalue weighted by Gasteiger charge is 2.78. The summed E-state index contributed by atoms with van der Waals surface area (Å²) >= 11 is 0. The summed E-state index contributed by atoms with van der Waals surface area (Å²) in [5, 5.41) is 0. The molecule has 5 nitrogen and oxygen atoms in total. The fourth-order valence-corrected chi connectivity index (χ4v) is 5.31. The van der Waals surface area contributed by atoms with Crippen LogP contribution in [-0.2, 0) is 24.0 Å². The highest BCUT2D eigenvalue weighted by Crippen LogP contribution is 2.60. The predicted molar refractivity (Wildman–Crippen MR) is 69.7 cm³/mol. The van der Waals surface area contributed by atoms with E-state index in [0.717, 1.165) is 0 Å². The lowest BCUT2D eigenvalue weighted by Gasteiger charge is -2.19. The van der Waals surface area contributed by atoms with E-state index in [9.17, 15) is 8.42 Å². The highest BCUT2D eigenvalue weighted by atomic mass is 32.2. The number of benzene rings is 1. The van der Waals surface area contributed by atoms with Crippen LogP contribution >= 0.6 is 0 Å². The van der Waals surface area contributed by atoms with Crippen molar-refractivity contribution < 1.29 is 22.6 Å². The average molecular weight is 296 g/mol. The van der Waals surface area contributed by atoms with Crippen molar-refractivity contribution in [1.29, 1.82) is 0 Å². The normalized spacial score (nSPS) is 41.2. The largest absolute Gasteiger partial charge is 0.345 e. The van der Waals surface area contributed by atoms with E-state index in [-0.39, 0.29) is 12.2 Å². The first-order valence-corrected chi connectivity index (χ1v) is 8.17. The maximum absolute atomic E-state index is 12.8. The molecule has 1 aliphatic carbocycles. The van der Waals surface area contributed by atoms with E-state index in [1.165, 1.54) is 0 Å². The number of sulfone groups is 1. The lowest BCUT2D eigenvalue weighted by molar-refractivity contribution is -0.149. The van der Waals surface area contributed by atoms with Gasteiger partial charge in [-0.1, -0.05) is 18.2 Å². The van der Waals surface area contributed by atoms with E-state index in [1.807, 2.05) is 13.8 Å². The van der Waals surface area contributed by atoms with E-state index in [2.05, 4.69) is 0 Å². The van der Waals surface area contributed by atoms with Crippen molar-refractivity contribution in [2.75, 3.05) is 0 Å². The van der Waals surface area contributed by atoms with Gasteiger partial charge in [-0.05, 0) is 26.0 Å². The van der Waals surface area contributed by atoms with Gasteiger partial charge in [0.15, 0.2) is 5.79 Å². The molecule has 4 atom stereocenters. The summed E-state index contributed by atoms with van der Waals surface area (Å²) in [6.07, 6.45) is -0.576. The van der Waals surface area contributed by atoms with Gasteiger partial charge in [0, 0.05) is 6.42 Å². The molecule has 1 saturated carbocycles. The Labute approximate surface area is 117 Å². The molecule has 0 unspecified atom stereocenters. The summed E-state index contributed by atoms with van der Waals surface area (Å²) in [4.78, 5) is -0.859. The van der Waals surface area contributed by atoms with Gasteiger partial charge in [-0.15, -0.1) is 0 Å². The molecule has 2 heterocycles. The van der Waals surface area contributed by atoms with Gasteiger partial charge in [-0.2, -0.15) is 0 Å². The lowest BCUT2D eigenvalue weighted by atomic mass is 10.2. The number of rotatable bonds is 2. The van der Waals surface area contributed by atoms with Crippen LogP contribution in [0.2, 0.25) is 0 Å². The van der Waals surface area contributed by atoms with Gasteiger partial charge in [-0.25, -0.2) is 8.42 Å². The summed E-state index contributed by atoms with van der Waals surface area (Å²) in [5.74, 6) is -0.663. The van der Waals surface area contributed by atoms with Crippen LogP contribution in [0.5, 0.6) is 0 Å².